The van der Waals surface area contributed by atoms with Crippen molar-refractivity contribution in [1.29, 1.82) is 0 Å². The van der Waals surface area contributed by atoms with E-state index in [9.17, 15) is 9.18 Å². The summed E-state index contributed by atoms with van der Waals surface area (Å²) < 4.78 is 20.7. The zero-order valence-electron chi connectivity index (χ0n) is 14.8. The van der Waals surface area contributed by atoms with Crippen LogP contribution in [0.25, 0.3) is 0 Å². The van der Waals surface area contributed by atoms with Crippen molar-refractivity contribution in [2.24, 2.45) is 5.10 Å². The first-order valence-corrected chi connectivity index (χ1v) is 10.9. The van der Waals surface area contributed by atoms with E-state index in [1.165, 1.54) is 24.3 Å². The summed E-state index contributed by atoms with van der Waals surface area (Å²) >= 11 is 10.3. The van der Waals surface area contributed by atoms with Crippen molar-refractivity contribution >= 4 is 68.9 Å². The summed E-state index contributed by atoms with van der Waals surface area (Å²) in [4.78, 5) is 12.0. The van der Waals surface area contributed by atoms with Crippen LogP contribution in [0.15, 0.2) is 65.8 Å². The average molecular weight is 635 g/mol. The molecule has 8 heteroatoms. The molecule has 1 amide bonds. The van der Waals surface area contributed by atoms with Gasteiger partial charge >= 0.3 is 0 Å². The minimum Gasteiger partial charge on any atom is -0.487 e. The summed E-state index contributed by atoms with van der Waals surface area (Å²) in [5.74, 6) is -0.0187. The number of carbonyl (C=O) groups excluding carboxylic acids is 1. The minimum absolute atomic E-state index is 0.332. The maximum Gasteiger partial charge on any atom is 0.271 e. The van der Waals surface area contributed by atoms with Crippen LogP contribution in [0.5, 0.6) is 5.75 Å². The lowest BCUT2D eigenvalue weighted by Crippen LogP contribution is -2.17. The number of ether oxygens (including phenoxy) is 1. The van der Waals surface area contributed by atoms with E-state index in [-0.39, 0.29) is 0 Å². The Labute approximate surface area is 199 Å². The molecule has 3 rings (SSSR count). The molecule has 29 heavy (non-hydrogen) atoms. The van der Waals surface area contributed by atoms with Gasteiger partial charge in [0.15, 0.2) is 0 Å². The van der Waals surface area contributed by atoms with Crippen LogP contribution in [0.1, 0.15) is 21.5 Å². The van der Waals surface area contributed by atoms with E-state index < -0.39 is 11.7 Å². The molecule has 0 spiro atoms. The molecular formula is C21H14ClFI2N2O2. The third-order valence-corrected chi connectivity index (χ3v) is 5.66. The van der Waals surface area contributed by atoms with E-state index in [1.807, 2.05) is 36.4 Å². The number of hydrazone groups is 1. The van der Waals surface area contributed by atoms with Gasteiger partial charge in [0.05, 0.1) is 13.4 Å². The summed E-state index contributed by atoms with van der Waals surface area (Å²) in [5, 5.41) is 4.66. The van der Waals surface area contributed by atoms with Gasteiger partial charge in [0.2, 0.25) is 0 Å². The highest BCUT2D eigenvalue weighted by molar-refractivity contribution is 14.1. The Morgan fingerprint density at radius 2 is 1.69 bits per heavy atom. The molecule has 0 saturated heterocycles. The monoisotopic (exact) mass is 634 g/mol. The first kappa shape index (κ1) is 22.0. The summed E-state index contributed by atoms with van der Waals surface area (Å²) in [5.41, 5.74) is 4.60. The Morgan fingerprint density at radius 3 is 2.31 bits per heavy atom. The van der Waals surface area contributed by atoms with Crippen molar-refractivity contribution in [3.05, 3.63) is 95.3 Å². The van der Waals surface area contributed by atoms with Crippen LogP contribution < -0.4 is 10.2 Å². The Kier molecular flexibility index (Phi) is 7.84. The van der Waals surface area contributed by atoms with Crippen LogP contribution >= 0.6 is 56.8 Å². The Bertz CT molecular complexity index is 1020. The van der Waals surface area contributed by atoms with Gasteiger partial charge in [0.1, 0.15) is 18.2 Å². The summed E-state index contributed by atoms with van der Waals surface area (Å²) in [6, 6.07) is 16.6. The molecule has 3 aromatic rings. The van der Waals surface area contributed by atoms with Crippen LogP contribution in [-0.4, -0.2) is 12.1 Å². The number of nitrogens with zero attached hydrogens (tertiary/aromatic N) is 1. The van der Waals surface area contributed by atoms with Crippen molar-refractivity contribution in [1.82, 2.24) is 5.43 Å². The molecule has 3 aromatic carbocycles. The fourth-order valence-electron chi connectivity index (χ4n) is 2.36. The zero-order chi connectivity index (χ0) is 20.8. The molecule has 0 aliphatic carbocycles. The van der Waals surface area contributed by atoms with Crippen molar-refractivity contribution in [2.45, 2.75) is 6.61 Å². The topological polar surface area (TPSA) is 50.7 Å². The maximum absolute atomic E-state index is 12.9. The molecule has 0 aliphatic rings. The quantitative estimate of drug-likeness (QED) is 0.205. The lowest BCUT2D eigenvalue weighted by molar-refractivity contribution is 0.0955. The molecule has 0 aromatic heterocycles. The van der Waals surface area contributed by atoms with E-state index >= 15 is 0 Å². The number of nitrogens with one attached hydrogen (secondary N) is 1. The predicted octanol–water partition coefficient (Wildman–Crippen LogP) is 6.03. The third-order valence-electron chi connectivity index (χ3n) is 3.80. The Morgan fingerprint density at radius 1 is 1.07 bits per heavy atom. The van der Waals surface area contributed by atoms with Crippen LogP contribution in [0, 0.1) is 13.0 Å². The first-order chi connectivity index (χ1) is 13.9. The highest BCUT2D eigenvalue weighted by Crippen LogP contribution is 2.29. The molecule has 0 fully saturated rings. The molecule has 0 unspecified atom stereocenters. The fourth-order valence-corrected chi connectivity index (χ4v) is 4.61. The number of halogens is 4. The van der Waals surface area contributed by atoms with Gasteiger partial charge in [-0.2, -0.15) is 5.10 Å². The third kappa shape index (κ3) is 6.38. The smallest absolute Gasteiger partial charge is 0.271 e. The van der Waals surface area contributed by atoms with Gasteiger partial charge in [0.25, 0.3) is 5.91 Å². The average Bonchev–Trinajstić information content (AvgIpc) is 2.69. The summed E-state index contributed by atoms with van der Waals surface area (Å²) in [7, 11) is 0. The SMILES string of the molecule is O=C(N/N=C\c1cc(I)c(OCc2ccc(Cl)cc2)c(I)c1)c1ccc(F)cc1. The van der Waals surface area contributed by atoms with Crippen molar-refractivity contribution < 1.29 is 13.9 Å². The van der Waals surface area contributed by atoms with Gasteiger partial charge in [-0.1, -0.05) is 23.7 Å². The molecule has 0 saturated carbocycles. The van der Waals surface area contributed by atoms with Gasteiger partial charge in [-0.3, -0.25) is 4.79 Å². The van der Waals surface area contributed by atoms with Crippen molar-refractivity contribution in [2.75, 3.05) is 0 Å². The number of hydrogen-bond donors (Lipinski definition) is 1. The van der Waals surface area contributed by atoms with Crippen molar-refractivity contribution in [3.63, 3.8) is 0 Å². The number of amides is 1. The first-order valence-electron chi connectivity index (χ1n) is 8.37. The van der Waals surface area contributed by atoms with Crippen LogP contribution in [0.4, 0.5) is 4.39 Å². The maximum atomic E-state index is 12.9. The lowest BCUT2D eigenvalue weighted by atomic mass is 10.2. The molecule has 0 radical (unpaired) electrons. The number of carbonyl (C=O) groups is 1. The number of rotatable bonds is 6. The van der Waals surface area contributed by atoms with Gasteiger partial charge in [-0.05, 0) is 105 Å². The summed E-state index contributed by atoms with van der Waals surface area (Å²) in [6.07, 6.45) is 1.55. The molecule has 148 valence electrons. The Balaban J connectivity index is 1.63. The van der Waals surface area contributed by atoms with E-state index in [4.69, 9.17) is 16.3 Å². The molecular weight excluding hydrogens is 621 g/mol. The van der Waals surface area contributed by atoms with Gasteiger partial charge < -0.3 is 4.74 Å². The van der Waals surface area contributed by atoms with Crippen LogP contribution in [0.2, 0.25) is 5.02 Å². The highest BCUT2D eigenvalue weighted by atomic mass is 127. The largest absolute Gasteiger partial charge is 0.487 e. The molecule has 0 aliphatic heterocycles. The molecule has 0 bridgehead atoms. The second-order valence-corrected chi connectivity index (χ2v) is 8.70. The van der Waals surface area contributed by atoms with E-state index in [0.29, 0.717) is 17.2 Å². The second-order valence-electron chi connectivity index (χ2n) is 5.93. The van der Waals surface area contributed by atoms with Gasteiger partial charge in [-0.15, -0.1) is 0 Å². The lowest BCUT2D eigenvalue weighted by Gasteiger charge is -2.11. The number of hydrogen-bond acceptors (Lipinski definition) is 3. The van der Waals surface area contributed by atoms with Crippen LogP contribution in [-0.2, 0) is 6.61 Å². The zero-order valence-corrected chi connectivity index (χ0v) is 19.9. The van der Waals surface area contributed by atoms with E-state index in [0.717, 1.165) is 24.0 Å². The predicted molar refractivity (Wildman–Crippen MR) is 129 cm³/mol. The molecule has 1 N–H and O–H groups in total. The molecule has 0 heterocycles. The molecule has 0 atom stereocenters. The highest BCUT2D eigenvalue weighted by Gasteiger charge is 2.09. The standard InChI is InChI=1S/C21H14ClFI2N2O2/c22-16-5-1-13(2-6-16)12-29-20-18(24)9-14(10-19(20)25)11-26-27-21(28)15-3-7-17(23)8-4-15/h1-11H,12H2,(H,27,28)/b26-11-. The Hall–Kier alpha value is -1.72. The fraction of sp³-hybridized carbons (Fsp3) is 0.0476. The normalized spacial score (nSPS) is 10.9. The number of benzene rings is 3. The molecule has 4 nitrogen and oxygen atoms in total. The van der Waals surface area contributed by atoms with Gasteiger partial charge in [0, 0.05) is 10.6 Å². The van der Waals surface area contributed by atoms with Crippen LogP contribution in [0.3, 0.4) is 0 Å². The summed E-state index contributed by atoms with van der Waals surface area (Å²) in [6.45, 7) is 0.435. The minimum atomic E-state index is -0.409. The van der Waals surface area contributed by atoms with E-state index in [1.54, 1.807) is 6.21 Å². The van der Waals surface area contributed by atoms with Gasteiger partial charge in [-0.25, -0.2) is 9.82 Å². The van der Waals surface area contributed by atoms with Crippen molar-refractivity contribution in [3.8, 4) is 5.75 Å². The van der Waals surface area contributed by atoms with E-state index in [2.05, 4.69) is 55.7 Å². The second kappa shape index (κ2) is 10.4.